The van der Waals surface area contributed by atoms with Gasteiger partial charge in [-0.15, -0.1) is 11.3 Å². The summed E-state index contributed by atoms with van der Waals surface area (Å²) in [6.45, 7) is 9.45. The molecule has 2 aliphatic carbocycles. The second kappa shape index (κ2) is 30.8. The van der Waals surface area contributed by atoms with Gasteiger partial charge in [-0.05, 0) is 290 Å². The molecule has 131 heavy (non-hydrogen) atoms. The maximum Gasteiger partial charge on any atom is 0.0541 e. The van der Waals surface area contributed by atoms with E-state index in [0.717, 1.165) is 45.5 Å². The molecule has 0 bridgehead atoms. The molecule has 2 aliphatic rings. The summed E-state index contributed by atoms with van der Waals surface area (Å²) in [5, 5.41) is 15.3. The van der Waals surface area contributed by atoms with Gasteiger partial charge in [-0.1, -0.05) is 331 Å². The molecule has 0 saturated carbocycles. The van der Waals surface area contributed by atoms with Crippen LogP contribution >= 0.6 is 11.3 Å². The van der Waals surface area contributed by atoms with Crippen molar-refractivity contribution in [3.05, 3.63) is 483 Å². The Hall–Kier alpha value is -16.2. The van der Waals surface area contributed by atoms with Crippen LogP contribution in [0.15, 0.2) is 461 Å². The first-order chi connectivity index (χ1) is 64.4. The Morgan fingerprint density at radius 2 is 0.473 bits per heavy atom. The summed E-state index contributed by atoms with van der Waals surface area (Å²) in [5.74, 6) is 0. The molecule has 4 nitrogen and oxygen atoms in total. The fraction of sp³-hybridized carbons (Fsp3) is 0.0476. The summed E-state index contributed by atoms with van der Waals surface area (Å²) < 4.78 is 7.45. The average Bonchev–Trinajstić information content (AvgIpc) is 1.68. The van der Waals surface area contributed by atoms with Crippen molar-refractivity contribution in [1.29, 1.82) is 0 Å². The Morgan fingerprint density at radius 3 is 0.969 bits per heavy atom. The van der Waals surface area contributed by atoms with Crippen LogP contribution in [0.5, 0.6) is 0 Å². The molecule has 26 rings (SSSR count). The van der Waals surface area contributed by atoms with E-state index < -0.39 is 0 Å². The molecule has 0 spiro atoms. The molecule has 5 heteroatoms. The third kappa shape index (κ3) is 12.8. The zero-order valence-electron chi connectivity index (χ0n) is 73.1. The lowest BCUT2D eigenvalue weighted by Gasteiger charge is -2.28. The van der Waals surface area contributed by atoms with Gasteiger partial charge in [0.1, 0.15) is 0 Å². The van der Waals surface area contributed by atoms with Crippen LogP contribution in [0, 0.1) is 0 Å². The van der Waals surface area contributed by atoms with Gasteiger partial charge in [-0.25, -0.2) is 0 Å². The van der Waals surface area contributed by atoms with Crippen molar-refractivity contribution in [2.24, 2.45) is 0 Å². The Bertz CT molecular complexity index is 8640. The minimum Gasteiger partial charge on any atom is -0.310 e. The van der Waals surface area contributed by atoms with Crippen LogP contribution in [0.1, 0.15) is 49.9 Å². The smallest absolute Gasteiger partial charge is 0.0541 e. The Morgan fingerprint density at radius 1 is 0.176 bits per heavy atom. The van der Waals surface area contributed by atoms with Crippen LogP contribution < -0.4 is 9.80 Å². The standard InChI is InChI=1S/C63H44N2S.C63H44N2/c1-63(2)57-17-9-6-14-51(57)52-35-34-50(40-58(52)63)64(48-30-24-44(25-31-48)46-27-37-62-56(39-46)54-16-8-11-19-61(54)66-62)47-28-22-43(23-29-47)45-26-36-60-55(38-45)53-15-7-10-18-59(53)65(60)49-32-20-42(21-33-49)41-12-4-3-5-13-41;1-63(2)59-24-14-13-23-54(59)55-34-32-48(40-60(55)63)64(47-31-33-53-51-21-10-9-19-49(51)50-20-11-12-22-52(50)56(53)39-47)46-29-25-42(26-30-46)44-28-36-62-58(38-44)57-37-43(41-15-5-3-6-16-41)27-35-61(57)65(62)45-17-7-4-8-18-45/h3-40H,1-2H3;3-40H,1-2H3. The van der Waals surface area contributed by atoms with Crippen molar-refractivity contribution in [2.75, 3.05) is 9.80 Å². The summed E-state index contributed by atoms with van der Waals surface area (Å²) in [5.41, 5.74) is 36.5. The molecule has 0 amide bonds. The van der Waals surface area contributed by atoms with Gasteiger partial charge >= 0.3 is 0 Å². The third-order valence-corrected chi connectivity index (χ3v) is 29.3. The zero-order chi connectivity index (χ0) is 87.2. The van der Waals surface area contributed by atoms with E-state index in [0.29, 0.717) is 0 Å². The van der Waals surface area contributed by atoms with Crippen molar-refractivity contribution < 1.29 is 0 Å². The lowest BCUT2D eigenvalue weighted by molar-refractivity contribution is 0.660. The SMILES string of the molecule is CC1(C)c2ccccc2-c2ccc(N(c3ccc(-c4ccc5c(c4)c4cc(-c6ccccc6)ccc4n5-c4ccccc4)cc3)c3ccc4c5ccccc5c5ccccc5c4c3)cc21.CC1(C)c2ccccc2-c2ccc(N(c3ccc(-c4ccc5sc6ccccc6c5c4)cc3)c3ccc(-c4ccc5c(c4)c4ccccc4n5-c4ccc(-c5ccccc5)cc4)cc3)cc21. The predicted molar refractivity (Wildman–Crippen MR) is 559 cm³/mol. The second-order valence-corrected chi connectivity index (χ2v) is 37.3. The molecule has 24 aromatic rings. The minimum absolute atomic E-state index is 0.112. The van der Waals surface area contributed by atoms with Crippen molar-refractivity contribution in [3.8, 4) is 89.3 Å². The average molecular weight is 1690 g/mol. The Kier molecular flexibility index (Phi) is 18.2. The number of nitrogens with zero attached hydrogens (tertiary/aromatic N) is 4. The molecule has 0 radical (unpaired) electrons. The van der Waals surface area contributed by atoms with Crippen molar-refractivity contribution >= 4 is 142 Å². The number of thiophene rings is 1. The van der Waals surface area contributed by atoms with Gasteiger partial charge in [-0.2, -0.15) is 0 Å². The van der Waals surface area contributed by atoms with Gasteiger partial charge in [0, 0.05) is 98.0 Å². The molecule has 0 aliphatic heterocycles. The zero-order valence-corrected chi connectivity index (χ0v) is 73.9. The number of fused-ring (bicyclic) bond motifs is 21. The molecule has 3 aromatic heterocycles. The van der Waals surface area contributed by atoms with Crippen molar-refractivity contribution in [3.63, 3.8) is 0 Å². The first-order valence-electron chi connectivity index (χ1n) is 45.5. The van der Waals surface area contributed by atoms with Gasteiger partial charge in [0.25, 0.3) is 0 Å². The normalized spacial score (nSPS) is 12.9. The van der Waals surface area contributed by atoms with Crippen LogP contribution in [-0.2, 0) is 10.8 Å². The molecule has 3 heterocycles. The molecule has 0 saturated heterocycles. The van der Waals surface area contributed by atoms with Crippen molar-refractivity contribution in [1.82, 2.24) is 9.13 Å². The highest BCUT2D eigenvalue weighted by Gasteiger charge is 2.38. The van der Waals surface area contributed by atoms with E-state index in [1.54, 1.807) is 0 Å². The number of para-hydroxylation sites is 2. The van der Waals surface area contributed by atoms with Crippen LogP contribution in [0.2, 0.25) is 0 Å². The van der Waals surface area contributed by atoms with Gasteiger partial charge in [0.15, 0.2) is 0 Å². The lowest BCUT2D eigenvalue weighted by atomic mass is 9.82. The van der Waals surface area contributed by atoms with Gasteiger partial charge in [0.2, 0.25) is 0 Å². The highest BCUT2D eigenvalue weighted by Crippen LogP contribution is 2.54. The van der Waals surface area contributed by atoms with Crippen LogP contribution in [-0.4, -0.2) is 9.13 Å². The summed E-state index contributed by atoms with van der Waals surface area (Å²) >= 11 is 1.86. The summed E-state index contributed by atoms with van der Waals surface area (Å²) in [6.07, 6.45) is 0. The molecule has 0 unspecified atom stereocenters. The minimum atomic E-state index is -0.125. The van der Waals surface area contributed by atoms with Crippen LogP contribution in [0.25, 0.3) is 185 Å². The van der Waals surface area contributed by atoms with E-state index in [-0.39, 0.29) is 10.8 Å². The topological polar surface area (TPSA) is 16.3 Å². The van der Waals surface area contributed by atoms with Crippen molar-refractivity contribution in [2.45, 2.75) is 38.5 Å². The monoisotopic (exact) mass is 1690 g/mol. The highest BCUT2D eigenvalue weighted by atomic mass is 32.1. The van der Waals surface area contributed by atoms with Crippen LogP contribution in [0.3, 0.4) is 0 Å². The second-order valence-electron chi connectivity index (χ2n) is 36.2. The number of anilines is 6. The summed E-state index contributed by atoms with van der Waals surface area (Å²) in [7, 11) is 0. The molecule has 0 N–H and O–H groups in total. The highest BCUT2D eigenvalue weighted by molar-refractivity contribution is 7.25. The van der Waals surface area contributed by atoms with E-state index in [1.807, 2.05) is 11.3 Å². The first-order valence-corrected chi connectivity index (χ1v) is 46.3. The number of aromatic nitrogens is 2. The number of hydrogen-bond donors (Lipinski definition) is 0. The molecular formula is C126H88N4S. The largest absolute Gasteiger partial charge is 0.310 e. The summed E-state index contributed by atoms with van der Waals surface area (Å²) in [6, 6.07) is 170. The predicted octanol–water partition coefficient (Wildman–Crippen LogP) is 35.3. The van der Waals surface area contributed by atoms with Gasteiger partial charge in [-0.3, -0.25) is 0 Å². The molecule has 618 valence electrons. The molecule has 0 atom stereocenters. The Labute approximate surface area is 766 Å². The number of benzene rings is 21. The lowest BCUT2D eigenvalue weighted by Crippen LogP contribution is -2.16. The molecular weight excluding hydrogens is 1600 g/mol. The first kappa shape index (κ1) is 77.2. The number of hydrogen-bond acceptors (Lipinski definition) is 3. The maximum absolute atomic E-state index is 2.45. The molecule has 0 fully saturated rings. The van der Waals surface area contributed by atoms with Crippen LogP contribution in [0.4, 0.5) is 34.1 Å². The van der Waals surface area contributed by atoms with E-state index >= 15 is 0 Å². The molecule has 21 aromatic carbocycles. The Balaban J connectivity index is 0.000000141. The van der Waals surface area contributed by atoms with E-state index in [2.05, 4.69) is 508 Å². The van der Waals surface area contributed by atoms with E-state index in [9.17, 15) is 0 Å². The fourth-order valence-corrected chi connectivity index (χ4v) is 22.7. The third-order valence-electron chi connectivity index (χ3n) is 28.2. The fourth-order valence-electron chi connectivity index (χ4n) is 21.6. The maximum atomic E-state index is 2.45. The van der Waals surface area contributed by atoms with E-state index in [1.165, 1.54) is 196 Å². The number of rotatable bonds is 13. The van der Waals surface area contributed by atoms with Gasteiger partial charge in [0.05, 0.1) is 22.1 Å². The van der Waals surface area contributed by atoms with Gasteiger partial charge < -0.3 is 18.9 Å². The van der Waals surface area contributed by atoms with E-state index in [4.69, 9.17) is 0 Å². The summed E-state index contributed by atoms with van der Waals surface area (Å²) in [4.78, 5) is 4.87. The quantitative estimate of drug-likeness (QED) is 0.107.